The number of nitrogens with one attached hydrogen (secondary N) is 3. The summed E-state index contributed by atoms with van der Waals surface area (Å²) >= 11 is 0. The van der Waals surface area contributed by atoms with E-state index in [1.54, 1.807) is 41.9 Å². The Kier molecular flexibility index (Phi) is 15.1. The first-order chi connectivity index (χ1) is 25.0. The Bertz CT molecular complexity index is 1630. The Balaban J connectivity index is 1.39. The first-order valence-electron chi connectivity index (χ1n) is 17.4. The molecule has 0 spiro atoms. The fourth-order valence-electron chi connectivity index (χ4n) is 5.50. The number of amides is 2. The van der Waals surface area contributed by atoms with Crippen LogP contribution >= 0.6 is 0 Å². The van der Waals surface area contributed by atoms with Crippen LogP contribution in [-0.2, 0) is 28.5 Å². The molecule has 1 fully saturated rings. The predicted molar refractivity (Wildman–Crippen MR) is 191 cm³/mol. The number of hydrogen-bond acceptors (Lipinski definition) is 14. The minimum Gasteiger partial charge on any atom is -0.497 e. The van der Waals surface area contributed by atoms with Gasteiger partial charge in [0.25, 0.3) is 5.91 Å². The van der Waals surface area contributed by atoms with Crippen LogP contribution in [0.2, 0.25) is 0 Å². The summed E-state index contributed by atoms with van der Waals surface area (Å²) in [6, 6.07) is 4.80. The topological polar surface area (TPSA) is 208 Å². The maximum absolute atomic E-state index is 12.8. The summed E-state index contributed by atoms with van der Waals surface area (Å²) in [5.74, 6) is 0.444. The number of fused-ring (bicyclic) bond motifs is 1. The third-order valence-electron chi connectivity index (χ3n) is 7.72. The SMILES string of the molecule is CCOC(=O)COCCOCCOCCOc1cc(Nc2nc(N[C@H]3CCCC[C@H]3NC(=O)OC(C)(C)C)n3ccnc3c2C(N)=O)cc(OC)c1. The van der Waals surface area contributed by atoms with Gasteiger partial charge in [0.05, 0.1) is 52.8 Å². The summed E-state index contributed by atoms with van der Waals surface area (Å²) < 4.78 is 39.6. The van der Waals surface area contributed by atoms with E-state index in [0.29, 0.717) is 61.8 Å². The number of imidazole rings is 1. The van der Waals surface area contributed by atoms with Crippen LogP contribution in [0.4, 0.5) is 22.2 Å². The molecule has 3 aromatic rings. The van der Waals surface area contributed by atoms with Gasteiger partial charge in [-0.2, -0.15) is 4.98 Å². The van der Waals surface area contributed by atoms with Crippen molar-refractivity contribution < 1.29 is 47.5 Å². The van der Waals surface area contributed by atoms with Crippen LogP contribution in [0.15, 0.2) is 30.6 Å². The van der Waals surface area contributed by atoms with Crippen LogP contribution in [0.1, 0.15) is 63.7 Å². The van der Waals surface area contributed by atoms with Gasteiger partial charge in [0.2, 0.25) is 5.95 Å². The van der Waals surface area contributed by atoms with Crippen molar-refractivity contribution in [2.75, 3.05) is 70.6 Å². The monoisotopic (exact) mass is 729 g/mol. The van der Waals surface area contributed by atoms with Crippen molar-refractivity contribution in [1.29, 1.82) is 0 Å². The van der Waals surface area contributed by atoms with Gasteiger partial charge >= 0.3 is 12.1 Å². The number of methoxy groups -OCH3 is 1. The van der Waals surface area contributed by atoms with Gasteiger partial charge in [-0.25, -0.2) is 14.6 Å². The third kappa shape index (κ3) is 12.4. The number of ether oxygens (including phenoxy) is 7. The zero-order chi connectivity index (χ0) is 37.5. The number of primary amides is 1. The Morgan fingerprint density at radius 2 is 1.62 bits per heavy atom. The summed E-state index contributed by atoms with van der Waals surface area (Å²) in [6.07, 6.45) is 6.22. The van der Waals surface area contributed by atoms with Gasteiger partial charge in [0.15, 0.2) is 11.5 Å². The molecule has 1 aliphatic carbocycles. The van der Waals surface area contributed by atoms with E-state index in [9.17, 15) is 14.4 Å². The van der Waals surface area contributed by atoms with Crippen molar-refractivity contribution >= 4 is 41.1 Å². The second kappa shape index (κ2) is 19.7. The molecule has 0 bridgehead atoms. The molecule has 5 N–H and O–H groups in total. The lowest BCUT2D eigenvalue weighted by molar-refractivity contribution is -0.149. The van der Waals surface area contributed by atoms with Crippen molar-refractivity contribution in [2.45, 2.75) is 71.1 Å². The third-order valence-corrected chi connectivity index (χ3v) is 7.72. The van der Waals surface area contributed by atoms with Crippen molar-refractivity contribution in [3.05, 3.63) is 36.2 Å². The number of aromatic nitrogens is 3. The van der Waals surface area contributed by atoms with Crippen molar-refractivity contribution in [2.24, 2.45) is 5.73 Å². The van der Waals surface area contributed by atoms with Crippen LogP contribution < -0.4 is 31.2 Å². The second-order valence-electron chi connectivity index (χ2n) is 12.9. The van der Waals surface area contributed by atoms with Crippen molar-refractivity contribution in [3.8, 4) is 11.5 Å². The first kappa shape index (κ1) is 39.9. The van der Waals surface area contributed by atoms with Crippen LogP contribution in [0, 0.1) is 0 Å². The molecule has 1 aliphatic rings. The van der Waals surface area contributed by atoms with E-state index in [1.807, 2.05) is 20.8 Å². The van der Waals surface area contributed by atoms with Gasteiger partial charge in [-0.3, -0.25) is 9.20 Å². The number of hydrogen-bond donors (Lipinski definition) is 4. The van der Waals surface area contributed by atoms with E-state index < -0.39 is 23.6 Å². The average molecular weight is 730 g/mol. The minimum absolute atomic E-state index is 0.0918. The molecule has 2 atom stereocenters. The van der Waals surface area contributed by atoms with E-state index in [2.05, 4.69) is 20.9 Å². The van der Waals surface area contributed by atoms with E-state index in [0.717, 1.165) is 25.7 Å². The fraction of sp³-hybridized carbons (Fsp3) is 0.571. The Morgan fingerprint density at radius 1 is 0.942 bits per heavy atom. The number of carbonyl (C=O) groups is 3. The maximum atomic E-state index is 12.8. The number of anilines is 3. The highest BCUT2D eigenvalue weighted by molar-refractivity contribution is 6.04. The summed E-state index contributed by atoms with van der Waals surface area (Å²) in [4.78, 5) is 45.9. The molecular formula is C35H51N7O10. The number of benzene rings is 1. The lowest BCUT2D eigenvalue weighted by atomic mass is 9.90. The smallest absolute Gasteiger partial charge is 0.407 e. The van der Waals surface area contributed by atoms with Crippen LogP contribution in [0.5, 0.6) is 11.5 Å². The van der Waals surface area contributed by atoms with Crippen LogP contribution in [0.3, 0.4) is 0 Å². The molecule has 0 radical (unpaired) electrons. The summed E-state index contributed by atoms with van der Waals surface area (Å²) in [5.41, 5.74) is 6.15. The van der Waals surface area contributed by atoms with Gasteiger partial charge < -0.3 is 54.8 Å². The van der Waals surface area contributed by atoms with Gasteiger partial charge in [-0.1, -0.05) is 12.8 Å². The van der Waals surface area contributed by atoms with Gasteiger partial charge in [-0.15, -0.1) is 0 Å². The molecule has 2 aromatic heterocycles. The highest BCUT2D eigenvalue weighted by atomic mass is 16.6. The normalized spacial score (nSPS) is 15.9. The molecule has 2 heterocycles. The van der Waals surface area contributed by atoms with Crippen molar-refractivity contribution in [3.63, 3.8) is 0 Å². The first-order valence-corrected chi connectivity index (χ1v) is 17.4. The molecule has 0 aliphatic heterocycles. The number of alkyl carbamates (subject to hydrolysis) is 1. The highest BCUT2D eigenvalue weighted by Crippen LogP contribution is 2.31. The zero-order valence-corrected chi connectivity index (χ0v) is 30.5. The van der Waals surface area contributed by atoms with Crippen LogP contribution in [-0.4, -0.2) is 110 Å². The van der Waals surface area contributed by atoms with Crippen LogP contribution in [0.25, 0.3) is 5.65 Å². The summed E-state index contributed by atoms with van der Waals surface area (Å²) in [6.45, 7) is 9.24. The van der Waals surface area contributed by atoms with Gasteiger partial charge in [0, 0.05) is 42.3 Å². The average Bonchev–Trinajstić information content (AvgIpc) is 3.57. The Labute approximate surface area is 303 Å². The number of nitrogens with zero attached hydrogens (tertiary/aromatic N) is 3. The molecule has 52 heavy (non-hydrogen) atoms. The predicted octanol–water partition coefficient (Wildman–Crippen LogP) is 3.82. The van der Waals surface area contributed by atoms with E-state index in [4.69, 9.17) is 43.9 Å². The zero-order valence-electron chi connectivity index (χ0n) is 30.5. The van der Waals surface area contributed by atoms with E-state index in [1.165, 1.54) is 7.11 Å². The molecule has 1 saturated carbocycles. The van der Waals surface area contributed by atoms with E-state index in [-0.39, 0.29) is 43.3 Å². The maximum Gasteiger partial charge on any atom is 0.407 e. The lowest BCUT2D eigenvalue weighted by Crippen LogP contribution is -2.50. The molecular weight excluding hydrogens is 678 g/mol. The van der Waals surface area contributed by atoms with Gasteiger partial charge in [0.1, 0.15) is 35.9 Å². The molecule has 1 aromatic carbocycles. The van der Waals surface area contributed by atoms with E-state index >= 15 is 0 Å². The number of rotatable bonds is 20. The summed E-state index contributed by atoms with van der Waals surface area (Å²) in [7, 11) is 1.53. The quantitative estimate of drug-likeness (QED) is 0.0964. The highest BCUT2D eigenvalue weighted by Gasteiger charge is 2.30. The largest absolute Gasteiger partial charge is 0.497 e. The molecule has 4 rings (SSSR count). The molecule has 17 heteroatoms. The standard InChI is InChI=1S/C35H51N7O10/c1-6-50-28(43)22-49-16-15-47-13-14-48-17-18-51-25-20-23(19-24(21-25)46-5)38-31-29(30(36)44)32-37-11-12-42(32)33(41-31)39-26-9-7-8-10-27(26)40-34(45)52-35(2,3)4/h11-12,19-21,26-27,38H,6-10,13-18,22H2,1-5H3,(H2,36,44)(H,39,41)(H,40,45)/t26-,27+/m0/s1. The number of carbonyl (C=O) groups excluding carboxylic acids is 3. The molecule has 17 nitrogen and oxygen atoms in total. The molecule has 0 unspecified atom stereocenters. The second-order valence-corrected chi connectivity index (χ2v) is 12.9. The Hall–Kier alpha value is -4.87. The van der Waals surface area contributed by atoms with Crippen molar-refractivity contribution in [1.82, 2.24) is 19.7 Å². The fourth-order valence-corrected chi connectivity index (χ4v) is 5.50. The molecule has 286 valence electrons. The molecule has 2 amide bonds. The Morgan fingerprint density at radius 3 is 2.29 bits per heavy atom. The number of nitrogens with two attached hydrogens (primary N) is 1. The summed E-state index contributed by atoms with van der Waals surface area (Å²) in [5, 5.41) is 9.70. The number of esters is 1. The lowest BCUT2D eigenvalue weighted by Gasteiger charge is -2.34. The van der Waals surface area contributed by atoms with Gasteiger partial charge in [-0.05, 0) is 40.5 Å². The molecule has 0 saturated heterocycles. The minimum atomic E-state index is -0.718.